The van der Waals surface area contributed by atoms with Gasteiger partial charge in [0.25, 0.3) is 0 Å². The number of rotatable bonds is 6. The predicted octanol–water partition coefficient (Wildman–Crippen LogP) is 5.91. The minimum Gasteiger partial charge on any atom is -0.462 e. The normalized spacial score (nSPS) is 21.1. The average Bonchev–Trinajstić information content (AvgIpc) is 3.26. The number of halogens is 4. The van der Waals surface area contributed by atoms with Crippen LogP contribution in [0.1, 0.15) is 63.3 Å². The summed E-state index contributed by atoms with van der Waals surface area (Å²) in [6, 6.07) is 6.33. The van der Waals surface area contributed by atoms with E-state index >= 15 is 0 Å². The van der Waals surface area contributed by atoms with E-state index in [1.54, 1.807) is 30.6 Å². The zero-order valence-electron chi connectivity index (χ0n) is 26.7. The molecule has 3 aliphatic rings. The van der Waals surface area contributed by atoms with Crippen LogP contribution in [0.5, 0.6) is 6.01 Å². The summed E-state index contributed by atoms with van der Waals surface area (Å²) in [7, 11) is 2.05. The van der Waals surface area contributed by atoms with E-state index in [2.05, 4.69) is 11.0 Å². The molecule has 1 aromatic heterocycles. The second-order valence-corrected chi connectivity index (χ2v) is 13.5. The number of amides is 1. The van der Waals surface area contributed by atoms with E-state index < -0.39 is 29.5 Å². The van der Waals surface area contributed by atoms with Gasteiger partial charge in [-0.05, 0) is 72.2 Å². The van der Waals surface area contributed by atoms with Crippen molar-refractivity contribution in [1.82, 2.24) is 19.8 Å². The summed E-state index contributed by atoms with van der Waals surface area (Å²) in [5.41, 5.74) is -0.145. The van der Waals surface area contributed by atoms with E-state index in [0.717, 1.165) is 24.9 Å². The first-order chi connectivity index (χ1) is 21.7. The molecule has 3 aliphatic heterocycles. The van der Waals surface area contributed by atoms with Crippen molar-refractivity contribution >= 4 is 29.2 Å². The fourth-order valence-corrected chi connectivity index (χ4v) is 6.70. The van der Waals surface area contributed by atoms with Gasteiger partial charge in [-0.3, -0.25) is 0 Å². The first-order valence-corrected chi connectivity index (χ1v) is 16.1. The number of piperazine rings is 1. The SMILES string of the molecule is CN1CCC[C@H]1COc1nc2c(c(N3CCN(C(=O)OC(C)(C)C)C(CC#N)C3)n1)CCCN(c1cccc(Cl)c1C(F)(F)F)C2. The van der Waals surface area contributed by atoms with Crippen LogP contribution in [0.3, 0.4) is 0 Å². The Morgan fingerprint density at radius 3 is 2.54 bits per heavy atom. The minimum atomic E-state index is -4.63. The zero-order valence-corrected chi connectivity index (χ0v) is 27.5. The standard InChI is InChI=1S/C32H41ClF3N7O3/c1-31(2,3)46-30(44)43-17-16-42(18-21(43)12-13-37)28-23-9-7-15-41(26-11-5-10-24(33)27(26)32(34,35)36)19-25(23)38-29(39-28)45-20-22-8-6-14-40(22)4/h5,10-11,21-22H,6-9,12,14-20H2,1-4H3/t21?,22-/m0/s1. The minimum absolute atomic E-state index is 0.00289. The average molecular weight is 664 g/mol. The van der Waals surface area contributed by atoms with Gasteiger partial charge >= 0.3 is 18.3 Å². The summed E-state index contributed by atoms with van der Waals surface area (Å²) in [6.45, 7) is 8.27. The molecule has 0 bridgehead atoms. The fraction of sp³-hybridized carbons (Fsp3) is 0.625. The van der Waals surface area contributed by atoms with Gasteiger partial charge in [0, 0.05) is 37.8 Å². The Morgan fingerprint density at radius 2 is 1.87 bits per heavy atom. The lowest BCUT2D eigenvalue weighted by molar-refractivity contribution is -0.137. The highest BCUT2D eigenvalue weighted by molar-refractivity contribution is 6.31. The third-order valence-corrected chi connectivity index (χ3v) is 8.99. The maximum atomic E-state index is 14.2. The van der Waals surface area contributed by atoms with Crippen molar-refractivity contribution in [3.05, 3.63) is 40.0 Å². The van der Waals surface area contributed by atoms with Gasteiger partial charge in [-0.25, -0.2) is 4.79 Å². The molecule has 2 aromatic rings. The highest BCUT2D eigenvalue weighted by Crippen LogP contribution is 2.42. The van der Waals surface area contributed by atoms with Crippen LogP contribution in [-0.4, -0.2) is 89.9 Å². The van der Waals surface area contributed by atoms with Crippen LogP contribution in [0.2, 0.25) is 5.02 Å². The highest BCUT2D eigenvalue weighted by Gasteiger charge is 2.39. The molecule has 2 fully saturated rings. The predicted molar refractivity (Wildman–Crippen MR) is 168 cm³/mol. The van der Waals surface area contributed by atoms with Crippen molar-refractivity contribution in [2.45, 2.75) is 83.3 Å². The van der Waals surface area contributed by atoms with Crippen LogP contribution in [0.25, 0.3) is 0 Å². The van der Waals surface area contributed by atoms with Gasteiger partial charge in [0.1, 0.15) is 18.0 Å². The highest BCUT2D eigenvalue weighted by atomic mass is 35.5. The number of carbonyl (C=O) groups is 1. The van der Waals surface area contributed by atoms with Crippen LogP contribution >= 0.6 is 11.6 Å². The quantitative estimate of drug-likeness (QED) is 0.373. The zero-order chi connectivity index (χ0) is 33.2. The number of carbonyl (C=O) groups excluding carboxylic acids is 1. The number of hydrogen-bond donors (Lipinski definition) is 0. The number of fused-ring (bicyclic) bond motifs is 1. The third-order valence-electron chi connectivity index (χ3n) is 8.68. The third kappa shape index (κ3) is 7.72. The molecule has 5 rings (SSSR count). The van der Waals surface area contributed by atoms with E-state index in [9.17, 15) is 23.2 Å². The Balaban J connectivity index is 1.49. The van der Waals surface area contributed by atoms with Gasteiger partial charge in [-0.15, -0.1) is 0 Å². The monoisotopic (exact) mass is 663 g/mol. The maximum Gasteiger partial charge on any atom is 0.419 e. The van der Waals surface area contributed by atoms with E-state index in [1.165, 1.54) is 18.2 Å². The number of nitriles is 1. The molecule has 250 valence electrons. The Labute approximate surface area is 273 Å². The van der Waals surface area contributed by atoms with E-state index in [1.807, 2.05) is 11.9 Å². The summed E-state index contributed by atoms with van der Waals surface area (Å²) in [5, 5.41) is 9.27. The van der Waals surface area contributed by atoms with Crippen LogP contribution in [0, 0.1) is 11.3 Å². The number of likely N-dealkylation sites (tertiary alicyclic amines) is 1. The molecule has 0 radical (unpaired) electrons. The molecule has 2 atom stereocenters. The number of nitrogens with zero attached hydrogens (tertiary/aromatic N) is 7. The number of anilines is 2. The molecule has 0 spiro atoms. The van der Waals surface area contributed by atoms with Crippen molar-refractivity contribution in [1.29, 1.82) is 5.26 Å². The smallest absolute Gasteiger partial charge is 0.419 e. The number of aromatic nitrogens is 2. The molecule has 46 heavy (non-hydrogen) atoms. The van der Waals surface area contributed by atoms with Gasteiger partial charge < -0.3 is 29.1 Å². The molecule has 1 unspecified atom stereocenters. The lowest BCUT2D eigenvalue weighted by Gasteiger charge is -2.42. The number of hydrogen-bond acceptors (Lipinski definition) is 9. The summed E-state index contributed by atoms with van der Waals surface area (Å²) in [5.74, 6) is 0.621. The molecule has 14 heteroatoms. The van der Waals surface area contributed by atoms with Crippen LogP contribution in [0.15, 0.2) is 18.2 Å². The number of ether oxygens (including phenoxy) is 2. The van der Waals surface area contributed by atoms with Gasteiger partial charge in [-0.1, -0.05) is 17.7 Å². The Morgan fingerprint density at radius 1 is 1.09 bits per heavy atom. The summed E-state index contributed by atoms with van der Waals surface area (Å²) in [4.78, 5) is 30.2. The lowest BCUT2D eigenvalue weighted by Crippen LogP contribution is -2.56. The molecule has 4 heterocycles. The van der Waals surface area contributed by atoms with E-state index in [-0.39, 0.29) is 35.7 Å². The Hall–Kier alpha value is -3.50. The van der Waals surface area contributed by atoms with Crippen molar-refractivity contribution in [2.24, 2.45) is 0 Å². The molecule has 0 saturated carbocycles. The molecule has 1 amide bonds. The first-order valence-electron chi connectivity index (χ1n) is 15.7. The fourth-order valence-electron chi connectivity index (χ4n) is 6.43. The van der Waals surface area contributed by atoms with Crippen molar-refractivity contribution in [3.63, 3.8) is 0 Å². The first kappa shape index (κ1) is 33.9. The van der Waals surface area contributed by atoms with E-state index in [0.29, 0.717) is 57.1 Å². The lowest BCUT2D eigenvalue weighted by atomic mass is 10.1. The van der Waals surface area contributed by atoms with Crippen molar-refractivity contribution < 1.29 is 27.4 Å². The summed E-state index contributed by atoms with van der Waals surface area (Å²) >= 11 is 6.09. The summed E-state index contributed by atoms with van der Waals surface area (Å²) in [6.07, 6.45) is -1.87. The topological polar surface area (TPSA) is 98.1 Å². The molecular weight excluding hydrogens is 623 g/mol. The van der Waals surface area contributed by atoms with Gasteiger partial charge in [-0.2, -0.15) is 28.4 Å². The largest absolute Gasteiger partial charge is 0.462 e. The Kier molecular flexibility index (Phi) is 10.1. The van der Waals surface area contributed by atoms with Gasteiger partial charge in [0.2, 0.25) is 0 Å². The van der Waals surface area contributed by atoms with Crippen molar-refractivity contribution in [3.8, 4) is 12.1 Å². The van der Waals surface area contributed by atoms with Crippen LogP contribution in [-0.2, 0) is 23.9 Å². The van der Waals surface area contributed by atoms with Crippen LogP contribution in [0.4, 0.5) is 29.5 Å². The van der Waals surface area contributed by atoms with E-state index in [4.69, 9.17) is 31.0 Å². The molecule has 2 saturated heterocycles. The second kappa shape index (κ2) is 13.7. The van der Waals surface area contributed by atoms with Crippen LogP contribution < -0.4 is 14.5 Å². The maximum absolute atomic E-state index is 14.2. The molecule has 0 aliphatic carbocycles. The molecule has 10 nitrogen and oxygen atoms in total. The number of likely N-dealkylation sites (N-methyl/N-ethyl adjacent to an activating group) is 1. The van der Waals surface area contributed by atoms with Gasteiger partial charge in [0.05, 0.1) is 47.0 Å². The van der Waals surface area contributed by atoms with Crippen molar-refractivity contribution in [2.75, 3.05) is 56.2 Å². The van der Waals surface area contributed by atoms with Gasteiger partial charge in [0.15, 0.2) is 0 Å². The second-order valence-electron chi connectivity index (χ2n) is 13.1. The number of alkyl halides is 3. The molecular formula is C32H41ClF3N7O3. The summed E-state index contributed by atoms with van der Waals surface area (Å²) < 4.78 is 54.3. The molecule has 1 aromatic carbocycles. The number of benzene rings is 1. The Bertz CT molecular complexity index is 1460. The molecule has 0 N–H and O–H groups in total.